The Morgan fingerprint density at radius 2 is 1.59 bits per heavy atom. The third kappa shape index (κ3) is 17.1. The van der Waals surface area contributed by atoms with Crippen LogP contribution in [0.1, 0.15) is 104 Å². The fourth-order valence-electron chi connectivity index (χ4n) is 10.0. The van der Waals surface area contributed by atoms with Gasteiger partial charge in [-0.15, -0.1) is 5.06 Å². The predicted molar refractivity (Wildman–Crippen MR) is 299 cm³/mol. The Balaban J connectivity index is 1.17. The molecule has 85 heavy (non-hydrogen) atoms. The zero-order valence-corrected chi connectivity index (χ0v) is 49.0. The number of nitrogens with zero attached hydrogens (tertiary/aromatic N) is 2. The summed E-state index contributed by atoms with van der Waals surface area (Å²) in [5, 5.41) is 26.6. The Kier molecular flexibility index (Phi) is 22.4. The normalized spacial score (nSPS) is 25.0. The molecule has 0 spiro atoms. The summed E-state index contributed by atoms with van der Waals surface area (Å²) < 4.78 is 60.9. The molecule has 4 aliphatic heterocycles. The molecule has 9 N–H and O–H groups in total. The first-order valence-corrected chi connectivity index (χ1v) is 27.8. The minimum Gasteiger partial charge on any atom is -0.495 e. The maximum atomic E-state index is 16.0. The highest BCUT2D eigenvalue weighted by Gasteiger charge is 2.64. The molecule has 0 unspecified atom stereocenters. The molecule has 10 amide bonds. The second-order valence-electron chi connectivity index (χ2n) is 21.7. The SMILES string of the molecule is COc1cc2cc(c1Cl)N(C)C(=O)C[C@H](OC(=O)Nc1cc(F)c(NC(=O)[C@H](CCCNC(N)=O)NC(=O)[C@@H](NC(=O)CCCCC(=O)ON3C(=O)CCC3=O)C(C)C)cc1F)[C@]1(C)O[C@H]1[C@H](C)[C@@H]1C[C@@](O)(NC(=O)O1)[C@H](OC)/C=C/C=C(\C)C2. The zero-order valence-electron chi connectivity index (χ0n) is 48.2. The number of allylic oxidation sites excluding steroid dienone is 3. The van der Waals surface area contributed by atoms with Crippen molar-refractivity contribution >= 4 is 88.3 Å². The van der Waals surface area contributed by atoms with Crippen LogP contribution in [0.4, 0.5) is 40.2 Å². The number of primary amides is 1. The quantitative estimate of drug-likeness (QED) is 0.0500. The number of unbranched alkanes of at least 4 members (excludes halogenated alkanes) is 1. The van der Waals surface area contributed by atoms with Gasteiger partial charge in [0.2, 0.25) is 23.6 Å². The highest BCUT2D eigenvalue weighted by Crippen LogP contribution is 2.49. The van der Waals surface area contributed by atoms with Crippen molar-refractivity contribution < 1.29 is 90.4 Å². The Hall–Kier alpha value is -7.95. The second kappa shape index (κ2) is 28.8. The number of carbonyl (C=O) groups is 10. The van der Waals surface area contributed by atoms with Gasteiger partial charge >= 0.3 is 24.2 Å². The van der Waals surface area contributed by atoms with Crippen LogP contribution in [0.15, 0.2) is 48.1 Å². The molecule has 9 atom stereocenters. The van der Waals surface area contributed by atoms with Crippen LogP contribution in [0.5, 0.6) is 5.75 Å². The van der Waals surface area contributed by atoms with Crippen LogP contribution in [-0.2, 0) is 63.8 Å². The molecule has 0 saturated carbocycles. The largest absolute Gasteiger partial charge is 0.495 e. The number of anilines is 3. The van der Waals surface area contributed by atoms with Gasteiger partial charge < -0.3 is 65.5 Å². The number of nitrogens with two attached hydrogens (primary N) is 1. The maximum Gasteiger partial charge on any atom is 0.412 e. The zero-order chi connectivity index (χ0) is 62.7. The van der Waals surface area contributed by atoms with E-state index in [0.717, 1.165) is 5.57 Å². The van der Waals surface area contributed by atoms with Gasteiger partial charge in [0.25, 0.3) is 11.8 Å². The molecular weight excluding hydrogens is 1140 g/mol. The number of methoxy groups -OCH3 is 2. The van der Waals surface area contributed by atoms with Crippen LogP contribution >= 0.6 is 11.6 Å². The minimum absolute atomic E-state index is 0.0334. The molecule has 29 heteroatoms. The molecule has 3 fully saturated rings. The third-order valence-corrected chi connectivity index (χ3v) is 15.2. The molecule has 0 aliphatic carbocycles. The Morgan fingerprint density at radius 3 is 2.22 bits per heavy atom. The van der Waals surface area contributed by atoms with Crippen LogP contribution < -0.4 is 47.3 Å². The van der Waals surface area contributed by atoms with Crippen molar-refractivity contribution in [3.05, 3.63) is 70.3 Å². The fraction of sp³-hybridized carbons (Fsp3) is 0.536. The number of aliphatic hydroxyl groups is 1. The number of epoxide rings is 1. The molecular formula is C56H72ClF2N9O17. The van der Waals surface area contributed by atoms with Crippen LogP contribution in [0.3, 0.4) is 0 Å². The number of nitrogens with one attached hydrogen (secondary N) is 6. The maximum absolute atomic E-state index is 16.0. The van der Waals surface area contributed by atoms with E-state index in [2.05, 4.69) is 31.9 Å². The standard InChI is InChI=1S/C56H72ClF2N9O17/c1-28(2)48(65-42(69)16-9-10-17-46(73)85-68-43(70)18-19-44(68)71)51(75)62-34(14-12-20-61-52(60)76)50(74)63-35-24-33(59)36(25-32(35)58)64-53(77)83-41-26-45(72)67(6)37-22-31(23-38(80-7)47(37)57)21-29(3)13-11-15-40(81-8)56(79)27-39(82-54(78)66-56)30(4)49-55(41,5)84-49/h11,13,15,22-25,28,30,34,39-41,48-49,79H,9-10,12,14,16-21,26-27H2,1-8H3,(H,62,75)(H,63,74)(H,64,77)(H,65,69)(H,66,78)(H3,60,61,76)/b15-11+,29-13+/t30-,34+,39+,40-,41+,48+,49+,55+,56+/m1/s1. The Labute approximate surface area is 493 Å². The molecule has 3 saturated heterocycles. The summed E-state index contributed by atoms with van der Waals surface area (Å²) in [5.74, 6) is -8.91. The third-order valence-electron chi connectivity index (χ3n) is 14.9. The fourth-order valence-corrected chi connectivity index (χ4v) is 10.3. The number of ether oxygens (including phenoxy) is 5. The average molecular weight is 1220 g/mol. The Bertz CT molecular complexity index is 2970. The number of carbonyl (C=O) groups excluding carboxylic acids is 10. The van der Waals surface area contributed by atoms with E-state index in [1.165, 1.54) is 33.1 Å². The van der Waals surface area contributed by atoms with E-state index in [-0.39, 0.29) is 80.8 Å². The summed E-state index contributed by atoms with van der Waals surface area (Å²) in [7, 11) is 4.20. The Morgan fingerprint density at radius 1 is 0.929 bits per heavy atom. The van der Waals surface area contributed by atoms with Gasteiger partial charge in [-0.05, 0) is 69.6 Å². The average Bonchev–Trinajstić information content (AvgIpc) is 1.66. The number of fused-ring (bicyclic) bond motifs is 5. The van der Waals surface area contributed by atoms with E-state index in [4.69, 9.17) is 45.9 Å². The van der Waals surface area contributed by atoms with Crippen molar-refractivity contribution in [2.45, 2.75) is 153 Å². The molecule has 4 aliphatic rings. The van der Waals surface area contributed by atoms with Crippen molar-refractivity contribution in [1.29, 1.82) is 0 Å². The van der Waals surface area contributed by atoms with Crippen molar-refractivity contribution in [2.75, 3.05) is 43.3 Å². The molecule has 2 aromatic carbocycles. The van der Waals surface area contributed by atoms with Gasteiger partial charge in [-0.1, -0.05) is 56.2 Å². The number of halogens is 3. The summed E-state index contributed by atoms with van der Waals surface area (Å²) in [6.45, 7) is 8.20. The smallest absolute Gasteiger partial charge is 0.412 e. The van der Waals surface area contributed by atoms with Crippen LogP contribution in [0.25, 0.3) is 0 Å². The monoisotopic (exact) mass is 1220 g/mol. The molecule has 4 heterocycles. The molecule has 0 aromatic heterocycles. The summed E-state index contributed by atoms with van der Waals surface area (Å²) >= 11 is 6.78. The summed E-state index contributed by atoms with van der Waals surface area (Å²) in [6, 6.07) is 0.864. The number of urea groups is 1. The van der Waals surface area contributed by atoms with Crippen molar-refractivity contribution in [3.8, 4) is 5.75 Å². The number of amides is 10. The molecule has 0 radical (unpaired) electrons. The minimum atomic E-state index is -1.98. The molecule has 4 bridgehead atoms. The number of alkyl carbamates (subject to hydrolysis) is 1. The lowest BCUT2D eigenvalue weighted by Gasteiger charge is -2.42. The summed E-state index contributed by atoms with van der Waals surface area (Å²) in [5.41, 5.74) is 1.92. The van der Waals surface area contributed by atoms with E-state index in [1.54, 1.807) is 51.1 Å². The number of imide groups is 1. The lowest BCUT2D eigenvalue weighted by molar-refractivity contribution is -0.197. The highest BCUT2D eigenvalue weighted by molar-refractivity contribution is 6.35. The van der Waals surface area contributed by atoms with Crippen LogP contribution in [0, 0.1) is 23.5 Å². The number of hydrogen-bond acceptors (Lipinski definition) is 17. The van der Waals surface area contributed by atoms with E-state index in [0.29, 0.717) is 29.2 Å². The van der Waals surface area contributed by atoms with E-state index < -0.39 is 149 Å². The first kappa shape index (κ1) is 66.2. The number of rotatable bonds is 20. The topological polar surface area (TPSA) is 354 Å². The highest BCUT2D eigenvalue weighted by atomic mass is 35.5. The summed E-state index contributed by atoms with van der Waals surface area (Å²) in [6.07, 6.45) is -2.70. The van der Waals surface area contributed by atoms with Gasteiger partial charge in [-0.3, -0.25) is 39.4 Å². The lowest BCUT2D eigenvalue weighted by Crippen LogP contribution is -2.63. The van der Waals surface area contributed by atoms with Crippen molar-refractivity contribution in [3.63, 3.8) is 0 Å². The van der Waals surface area contributed by atoms with Gasteiger partial charge in [0.1, 0.15) is 58.4 Å². The van der Waals surface area contributed by atoms with E-state index >= 15 is 8.78 Å². The van der Waals surface area contributed by atoms with Crippen molar-refractivity contribution in [1.82, 2.24) is 26.3 Å². The van der Waals surface area contributed by atoms with Crippen molar-refractivity contribution in [2.24, 2.45) is 17.6 Å². The van der Waals surface area contributed by atoms with Gasteiger partial charge in [-0.2, -0.15) is 0 Å². The molecule has 6 rings (SSSR count). The van der Waals surface area contributed by atoms with Gasteiger partial charge in [0.15, 0.2) is 5.72 Å². The second-order valence-corrected chi connectivity index (χ2v) is 22.0. The van der Waals surface area contributed by atoms with E-state index in [1.807, 2.05) is 6.92 Å². The molecule has 2 aromatic rings. The molecule has 26 nitrogen and oxygen atoms in total. The van der Waals surface area contributed by atoms with E-state index in [9.17, 15) is 53.1 Å². The first-order chi connectivity index (χ1) is 40.1. The summed E-state index contributed by atoms with van der Waals surface area (Å²) in [4.78, 5) is 135. The van der Waals surface area contributed by atoms with Crippen LogP contribution in [-0.4, -0.2) is 145 Å². The van der Waals surface area contributed by atoms with Gasteiger partial charge in [-0.25, -0.2) is 28.0 Å². The first-order valence-electron chi connectivity index (χ1n) is 27.4. The predicted octanol–water partition coefficient (Wildman–Crippen LogP) is 4.83. The van der Waals surface area contributed by atoms with Gasteiger partial charge in [0, 0.05) is 70.9 Å². The van der Waals surface area contributed by atoms with Gasteiger partial charge in [0.05, 0.1) is 36.7 Å². The van der Waals surface area contributed by atoms with Crippen LogP contribution in [0.2, 0.25) is 5.02 Å². The number of hydrogen-bond donors (Lipinski definition) is 8. The lowest BCUT2D eigenvalue weighted by atomic mass is 9.83. The number of hydroxylamine groups is 2. The molecule has 464 valence electrons. The number of benzene rings is 2.